The van der Waals surface area contributed by atoms with Gasteiger partial charge in [0.05, 0.1) is 25.0 Å². The lowest BCUT2D eigenvalue weighted by Crippen LogP contribution is -2.55. The van der Waals surface area contributed by atoms with Crippen LogP contribution in [0.5, 0.6) is 0 Å². The van der Waals surface area contributed by atoms with Gasteiger partial charge >= 0.3 is 0 Å². The first-order valence-corrected chi connectivity index (χ1v) is 6.62. The average Bonchev–Trinajstić information content (AvgIpc) is 2.83. The molecule has 106 valence electrons. The van der Waals surface area contributed by atoms with Gasteiger partial charge in [0.1, 0.15) is 0 Å². The van der Waals surface area contributed by atoms with Crippen LogP contribution in [0.3, 0.4) is 0 Å². The minimum atomic E-state index is -0.0763. The van der Waals surface area contributed by atoms with Crippen LogP contribution in [-0.4, -0.2) is 59.4 Å². The van der Waals surface area contributed by atoms with Gasteiger partial charge in [0, 0.05) is 30.9 Å². The Hall–Kier alpha value is -1.40. The minimum absolute atomic E-state index is 0.0723. The Labute approximate surface area is 113 Å². The van der Waals surface area contributed by atoms with Crippen LogP contribution in [0.25, 0.3) is 0 Å². The Balaban J connectivity index is 1.90. The lowest BCUT2D eigenvalue weighted by Gasteiger charge is -2.40. The van der Waals surface area contributed by atoms with Crippen molar-refractivity contribution in [2.24, 2.45) is 0 Å². The van der Waals surface area contributed by atoms with Crippen molar-refractivity contribution < 1.29 is 9.53 Å². The van der Waals surface area contributed by atoms with E-state index in [1.165, 1.54) is 0 Å². The van der Waals surface area contributed by atoms with Crippen LogP contribution in [0.1, 0.15) is 29.9 Å². The van der Waals surface area contributed by atoms with E-state index in [0.717, 1.165) is 32.0 Å². The summed E-state index contributed by atoms with van der Waals surface area (Å²) in [5.41, 5.74) is 1.33. The predicted octanol–water partition coefficient (Wildman–Crippen LogP) is 0.559. The maximum atomic E-state index is 12.0. The third kappa shape index (κ3) is 3.33. The maximum absolute atomic E-state index is 12.0. The van der Waals surface area contributed by atoms with Gasteiger partial charge in [0.2, 0.25) is 0 Å². The summed E-state index contributed by atoms with van der Waals surface area (Å²) in [7, 11) is 0. The maximum Gasteiger partial charge on any atom is 0.254 e. The fourth-order valence-electron chi connectivity index (χ4n) is 2.25. The standard InChI is InChI=1S/C13H22N4O2/c1-10-11(8-15-16-10)12(18)14-9-13(2,3)17-4-6-19-7-5-17/h8H,4-7,9H2,1-3H3,(H,14,18)(H,15,16). The highest BCUT2D eigenvalue weighted by atomic mass is 16.5. The smallest absolute Gasteiger partial charge is 0.254 e. The zero-order chi connectivity index (χ0) is 13.9. The Morgan fingerprint density at radius 1 is 1.53 bits per heavy atom. The molecule has 0 spiro atoms. The number of aromatic nitrogens is 2. The van der Waals surface area contributed by atoms with Gasteiger partial charge < -0.3 is 10.1 Å². The summed E-state index contributed by atoms with van der Waals surface area (Å²) < 4.78 is 5.35. The molecule has 6 nitrogen and oxygen atoms in total. The van der Waals surface area contributed by atoms with Gasteiger partial charge in [-0.15, -0.1) is 0 Å². The molecule has 1 saturated heterocycles. The molecule has 0 atom stereocenters. The number of nitrogens with one attached hydrogen (secondary N) is 2. The minimum Gasteiger partial charge on any atom is -0.379 e. The summed E-state index contributed by atoms with van der Waals surface area (Å²) in [5, 5.41) is 9.62. The summed E-state index contributed by atoms with van der Waals surface area (Å²) in [6, 6.07) is 0. The van der Waals surface area contributed by atoms with Crippen molar-refractivity contribution in [2.75, 3.05) is 32.8 Å². The van der Waals surface area contributed by atoms with Crippen LogP contribution in [0.2, 0.25) is 0 Å². The number of hydrogen-bond donors (Lipinski definition) is 2. The molecule has 2 rings (SSSR count). The summed E-state index contributed by atoms with van der Waals surface area (Å²) in [5.74, 6) is -0.0763. The monoisotopic (exact) mass is 266 g/mol. The van der Waals surface area contributed by atoms with Crippen LogP contribution in [0, 0.1) is 6.92 Å². The largest absolute Gasteiger partial charge is 0.379 e. The molecule has 2 heterocycles. The van der Waals surface area contributed by atoms with Crippen molar-refractivity contribution in [3.05, 3.63) is 17.5 Å². The summed E-state index contributed by atoms with van der Waals surface area (Å²) in [6.07, 6.45) is 1.56. The van der Waals surface area contributed by atoms with Crippen molar-refractivity contribution in [3.8, 4) is 0 Å². The van der Waals surface area contributed by atoms with Gasteiger partial charge in [-0.3, -0.25) is 14.8 Å². The van der Waals surface area contributed by atoms with Crippen LogP contribution >= 0.6 is 0 Å². The van der Waals surface area contributed by atoms with Crippen molar-refractivity contribution in [3.63, 3.8) is 0 Å². The lowest BCUT2D eigenvalue weighted by atomic mass is 10.0. The molecule has 0 saturated carbocycles. The van der Waals surface area contributed by atoms with Gasteiger partial charge in [0.25, 0.3) is 5.91 Å². The molecule has 1 aliphatic rings. The number of aromatic amines is 1. The zero-order valence-corrected chi connectivity index (χ0v) is 11.8. The van der Waals surface area contributed by atoms with Crippen LogP contribution < -0.4 is 5.32 Å². The number of morpholine rings is 1. The van der Waals surface area contributed by atoms with Gasteiger partial charge in [-0.25, -0.2) is 0 Å². The van der Waals surface area contributed by atoms with Crippen molar-refractivity contribution >= 4 is 5.91 Å². The predicted molar refractivity (Wildman–Crippen MR) is 72.1 cm³/mol. The van der Waals surface area contributed by atoms with Gasteiger partial charge in [-0.1, -0.05) is 0 Å². The average molecular weight is 266 g/mol. The summed E-state index contributed by atoms with van der Waals surface area (Å²) in [4.78, 5) is 14.4. The molecule has 0 unspecified atom stereocenters. The van der Waals surface area contributed by atoms with Crippen LogP contribution in [0.15, 0.2) is 6.20 Å². The molecule has 0 aliphatic carbocycles. The second-order valence-corrected chi connectivity index (χ2v) is 5.50. The fourth-order valence-corrected chi connectivity index (χ4v) is 2.25. The SMILES string of the molecule is Cc1[nH]ncc1C(=O)NCC(C)(C)N1CCOCC1. The number of aryl methyl sites for hydroxylation is 1. The topological polar surface area (TPSA) is 70.2 Å². The van der Waals surface area contributed by atoms with Crippen molar-refractivity contribution in [2.45, 2.75) is 26.3 Å². The number of rotatable bonds is 4. The Kier molecular flexibility index (Phi) is 4.21. The second-order valence-electron chi connectivity index (χ2n) is 5.50. The summed E-state index contributed by atoms with van der Waals surface area (Å²) >= 11 is 0. The molecular weight excluding hydrogens is 244 g/mol. The molecule has 19 heavy (non-hydrogen) atoms. The Morgan fingerprint density at radius 3 is 2.79 bits per heavy atom. The highest BCUT2D eigenvalue weighted by Gasteiger charge is 2.28. The molecule has 1 amide bonds. The third-order valence-electron chi connectivity index (χ3n) is 3.62. The van der Waals surface area contributed by atoms with Crippen molar-refractivity contribution in [1.29, 1.82) is 0 Å². The zero-order valence-electron chi connectivity index (χ0n) is 11.8. The molecular formula is C13H22N4O2. The Bertz CT molecular complexity index is 436. The van der Waals surface area contributed by atoms with E-state index < -0.39 is 0 Å². The quantitative estimate of drug-likeness (QED) is 0.835. The molecule has 2 N–H and O–H groups in total. The van der Waals surface area contributed by atoms with E-state index in [1.807, 2.05) is 6.92 Å². The molecule has 6 heteroatoms. The van der Waals surface area contributed by atoms with Crippen molar-refractivity contribution in [1.82, 2.24) is 20.4 Å². The molecule has 1 fully saturated rings. The van der Waals surface area contributed by atoms with Crippen LogP contribution in [-0.2, 0) is 4.74 Å². The molecule has 0 bridgehead atoms. The Morgan fingerprint density at radius 2 is 2.21 bits per heavy atom. The molecule has 1 aliphatic heterocycles. The van der Waals surface area contributed by atoms with Gasteiger partial charge in [-0.05, 0) is 20.8 Å². The van der Waals surface area contributed by atoms with Gasteiger partial charge in [0.15, 0.2) is 0 Å². The third-order valence-corrected chi connectivity index (χ3v) is 3.62. The van der Waals surface area contributed by atoms with E-state index in [2.05, 4.69) is 34.3 Å². The van der Waals surface area contributed by atoms with E-state index in [-0.39, 0.29) is 11.4 Å². The number of hydrogen-bond acceptors (Lipinski definition) is 4. The number of amides is 1. The van der Waals surface area contributed by atoms with Crippen LogP contribution in [0.4, 0.5) is 0 Å². The molecule has 0 aromatic carbocycles. The highest BCUT2D eigenvalue weighted by Crippen LogP contribution is 2.15. The first-order chi connectivity index (χ1) is 9.00. The molecule has 1 aromatic heterocycles. The molecule has 0 radical (unpaired) electrons. The highest BCUT2D eigenvalue weighted by molar-refractivity contribution is 5.94. The summed E-state index contributed by atoms with van der Waals surface area (Å²) in [6.45, 7) is 10.1. The normalized spacial score (nSPS) is 17.4. The number of carbonyl (C=O) groups is 1. The number of H-pyrrole nitrogens is 1. The number of ether oxygens (including phenoxy) is 1. The van der Waals surface area contributed by atoms with E-state index in [9.17, 15) is 4.79 Å². The van der Waals surface area contributed by atoms with Gasteiger partial charge in [-0.2, -0.15) is 5.10 Å². The number of nitrogens with zero attached hydrogens (tertiary/aromatic N) is 2. The lowest BCUT2D eigenvalue weighted by molar-refractivity contribution is -0.00923. The first kappa shape index (κ1) is 14.0. The number of carbonyl (C=O) groups excluding carboxylic acids is 1. The fraction of sp³-hybridized carbons (Fsp3) is 0.692. The van der Waals surface area contributed by atoms with E-state index >= 15 is 0 Å². The van der Waals surface area contributed by atoms with E-state index in [1.54, 1.807) is 6.20 Å². The van der Waals surface area contributed by atoms with E-state index in [0.29, 0.717) is 12.1 Å². The molecule has 1 aromatic rings. The van der Waals surface area contributed by atoms with E-state index in [4.69, 9.17) is 4.74 Å². The first-order valence-electron chi connectivity index (χ1n) is 6.62. The second kappa shape index (κ2) is 5.71.